The van der Waals surface area contributed by atoms with Gasteiger partial charge in [0.2, 0.25) is 5.91 Å². The minimum absolute atomic E-state index is 0.0394. The number of anilines is 2. The van der Waals surface area contributed by atoms with Crippen LogP contribution in [0.5, 0.6) is 11.5 Å². The summed E-state index contributed by atoms with van der Waals surface area (Å²) >= 11 is 0. The van der Waals surface area contributed by atoms with Crippen LogP contribution in [0, 0.1) is 0 Å². The summed E-state index contributed by atoms with van der Waals surface area (Å²) < 4.78 is 5.02. The van der Waals surface area contributed by atoms with Gasteiger partial charge in [-0.05, 0) is 42.5 Å². The van der Waals surface area contributed by atoms with Crippen LogP contribution in [-0.2, 0) is 4.79 Å². The van der Waals surface area contributed by atoms with E-state index in [0.29, 0.717) is 45.0 Å². The largest absolute Gasteiger partial charge is 0.504 e. The lowest BCUT2D eigenvalue weighted by molar-refractivity contribution is -0.110. The number of benzene rings is 3. The van der Waals surface area contributed by atoms with Gasteiger partial charge >= 0.3 is 0 Å². The molecule has 0 bridgehead atoms. The molecule has 0 unspecified atom stereocenters. The summed E-state index contributed by atoms with van der Waals surface area (Å²) in [6.45, 7) is 0. The van der Waals surface area contributed by atoms with Gasteiger partial charge in [-0.25, -0.2) is 0 Å². The molecule has 32 heavy (non-hydrogen) atoms. The zero-order chi connectivity index (χ0) is 22.8. The lowest BCUT2D eigenvalue weighted by Crippen LogP contribution is -2.11. The van der Waals surface area contributed by atoms with Crippen molar-refractivity contribution in [3.05, 3.63) is 89.1 Å². The summed E-state index contributed by atoms with van der Waals surface area (Å²) in [6, 6.07) is 15.7. The number of nitrogens with two attached hydrogens (primary N) is 1. The Kier molecular flexibility index (Phi) is 5.34. The number of aromatic hydroxyl groups is 1. The highest BCUT2D eigenvalue weighted by molar-refractivity contribution is 6.32. The van der Waals surface area contributed by atoms with Crippen molar-refractivity contribution < 1.29 is 24.2 Å². The number of carbonyl (C=O) groups is 3. The summed E-state index contributed by atoms with van der Waals surface area (Å²) in [6.07, 6.45) is 1.51. The van der Waals surface area contributed by atoms with Crippen LogP contribution in [0.4, 0.5) is 11.4 Å². The predicted octanol–water partition coefficient (Wildman–Crippen LogP) is 3.14. The van der Waals surface area contributed by atoms with Crippen molar-refractivity contribution in [1.29, 1.82) is 0 Å². The smallest absolute Gasteiger partial charge is 0.257 e. The lowest BCUT2D eigenvalue weighted by atomic mass is 9.98. The zero-order valence-corrected chi connectivity index (χ0v) is 17.0. The van der Waals surface area contributed by atoms with E-state index in [1.807, 2.05) is 0 Å². The number of carbonyl (C=O) groups excluding carboxylic acids is 3. The normalized spacial score (nSPS) is 13.4. The van der Waals surface area contributed by atoms with Gasteiger partial charge in [-0.15, -0.1) is 0 Å². The van der Waals surface area contributed by atoms with Gasteiger partial charge in [0.05, 0.1) is 12.7 Å². The van der Waals surface area contributed by atoms with E-state index < -0.39 is 5.91 Å². The first-order chi connectivity index (χ1) is 15.4. The first-order valence-corrected chi connectivity index (χ1v) is 9.61. The molecular formula is C24H19N3O5. The molecule has 1 heterocycles. The second-order valence-electron chi connectivity index (χ2n) is 7.07. The fourth-order valence-electron chi connectivity index (χ4n) is 3.36. The number of ether oxygens (including phenoxy) is 1. The number of rotatable bonds is 6. The summed E-state index contributed by atoms with van der Waals surface area (Å²) in [5, 5.41) is 15.7. The van der Waals surface area contributed by atoms with E-state index in [0.717, 1.165) is 0 Å². The van der Waals surface area contributed by atoms with E-state index in [1.165, 1.54) is 43.6 Å². The third-order valence-electron chi connectivity index (χ3n) is 5.06. The van der Waals surface area contributed by atoms with Crippen LogP contribution in [0.1, 0.15) is 31.8 Å². The molecule has 2 amide bonds. The quantitative estimate of drug-likeness (QED) is 0.352. The van der Waals surface area contributed by atoms with Crippen molar-refractivity contribution in [3.8, 4) is 11.5 Å². The molecule has 0 spiro atoms. The van der Waals surface area contributed by atoms with Crippen molar-refractivity contribution in [2.24, 2.45) is 5.73 Å². The fourth-order valence-corrected chi connectivity index (χ4v) is 3.36. The van der Waals surface area contributed by atoms with Crippen LogP contribution in [0.3, 0.4) is 0 Å². The summed E-state index contributed by atoms with van der Waals surface area (Å²) in [5.74, 6) is -0.851. The molecule has 8 nitrogen and oxygen atoms in total. The molecule has 0 aliphatic carbocycles. The molecule has 160 valence electrons. The molecule has 3 aromatic carbocycles. The van der Waals surface area contributed by atoms with Crippen LogP contribution in [0.2, 0.25) is 0 Å². The number of fused-ring (bicyclic) bond motifs is 1. The number of hydrogen-bond donors (Lipinski definition) is 4. The maximum absolute atomic E-state index is 12.9. The maximum Gasteiger partial charge on any atom is 0.257 e. The van der Waals surface area contributed by atoms with E-state index in [1.54, 1.807) is 30.3 Å². The molecule has 0 radical (unpaired) electrons. The Morgan fingerprint density at radius 3 is 2.34 bits per heavy atom. The van der Waals surface area contributed by atoms with E-state index >= 15 is 0 Å². The summed E-state index contributed by atoms with van der Waals surface area (Å²) in [4.78, 5) is 36.6. The van der Waals surface area contributed by atoms with Crippen molar-refractivity contribution >= 4 is 34.5 Å². The number of phenolic OH excluding ortho intramolecular Hbond substituents is 1. The second kappa shape index (κ2) is 8.27. The van der Waals surface area contributed by atoms with Crippen molar-refractivity contribution in [1.82, 2.24) is 0 Å². The highest BCUT2D eigenvalue weighted by Gasteiger charge is 2.25. The Hall–Kier alpha value is -4.59. The van der Waals surface area contributed by atoms with Gasteiger partial charge in [-0.2, -0.15) is 0 Å². The number of primary amides is 1. The van der Waals surface area contributed by atoms with Crippen molar-refractivity contribution in [3.63, 3.8) is 0 Å². The molecule has 3 aromatic rings. The van der Waals surface area contributed by atoms with Gasteiger partial charge in [-0.1, -0.05) is 12.1 Å². The minimum atomic E-state index is -0.571. The van der Waals surface area contributed by atoms with Gasteiger partial charge in [0.25, 0.3) is 5.91 Å². The van der Waals surface area contributed by atoms with Crippen LogP contribution >= 0.6 is 0 Å². The highest BCUT2D eigenvalue weighted by atomic mass is 16.5. The molecule has 0 aromatic heterocycles. The lowest BCUT2D eigenvalue weighted by Gasteiger charge is -2.07. The monoisotopic (exact) mass is 429 g/mol. The van der Waals surface area contributed by atoms with Crippen molar-refractivity contribution in [2.45, 2.75) is 0 Å². The number of hydrogen-bond acceptors (Lipinski definition) is 6. The molecular weight excluding hydrogens is 410 g/mol. The van der Waals surface area contributed by atoms with Gasteiger partial charge in [0, 0.05) is 45.9 Å². The molecule has 0 saturated carbocycles. The Morgan fingerprint density at radius 1 is 1.00 bits per heavy atom. The number of phenols is 1. The number of ketones is 1. The van der Waals surface area contributed by atoms with Gasteiger partial charge < -0.3 is 26.2 Å². The molecule has 8 heteroatoms. The van der Waals surface area contributed by atoms with Crippen LogP contribution < -0.4 is 21.1 Å². The topological polar surface area (TPSA) is 131 Å². The number of amides is 2. The van der Waals surface area contributed by atoms with Gasteiger partial charge in [0.15, 0.2) is 17.3 Å². The molecule has 1 aliphatic rings. The first-order valence-electron chi connectivity index (χ1n) is 9.61. The van der Waals surface area contributed by atoms with Crippen LogP contribution in [-0.4, -0.2) is 29.8 Å². The average molecular weight is 429 g/mol. The summed E-state index contributed by atoms with van der Waals surface area (Å²) in [7, 11) is 1.45. The van der Waals surface area contributed by atoms with Gasteiger partial charge in [0.1, 0.15) is 0 Å². The second-order valence-corrected chi connectivity index (χ2v) is 7.07. The van der Waals surface area contributed by atoms with Crippen molar-refractivity contribution in [2.75, 3.05) is 17.7 Å². The SMILES string of the molecule is COc1ccc(NC=C2C(=O)Nc3ccc(C(=O)c4ccc(C(N)=O)cc4)cc32)cc1O. The first kappa shape index (κ1) is 20.7. The highest BCUT2D eigenvalue weighted by Crippen LogP contribution is 2.34. The molecule has 5 N–H and O–H groups in total. The zero-order valence-electron chi connectivity index (χ0n) is 17.0. The Bertz CT molecular complexity index is 1280. The van der Waals surface area contributed by atoms with Crippen LogP contribution in [0.25, 0.3) is 5.57 Å². The third kappa shape index (κ3) is 3.89. The standard InChI is InChI=1S/C24H19N3O5/c1-32-21-9-7-16(11-20(21)28)26-12-18-17-10-15(6-8-19(17)27-24(18)31)22(29)13-2-4-14(5-3-13)23(25)30/h2-12,26,28H,1H3,(H2,25,30)(H,27,31). The van der Waals surface area contributed by atoms with Crippen LogP contribution in [0.15, 0.2) is 66.9 Å². The number of nitrogens with one attached hydrogen (secondary N) is 2. The van der Waals surface area contributed by atoms with Gasteiger partial charge in [-0.3, -0.25) is 14.4 Å². The average Bonchev–Trinajstić information content (AvgIpc) is 3.11. The fraction of sp³-hybridized carbons (Fsp3) is 0.0417. The molecule has 0 atom stereocenters. The van der Waals surface area contributed by atoms with E-state index in [9.17, 15) is 19.5 Å². The molecule has 4 rings (SSSR count). The van der Waals surface area contributed by atoms with E-state index in [4.69, 9.17) is 10.5 Å². The Morgan fingerprint density at radius 2 is 1.69 bits per heavy atom. The molecule has 0 fully saturated rings. The number of methoxy groups -OCH3 is 1. The van der Waals surface area contributed by atoms with E-state index in [2.05, 4.69) is 10.6 Å². The minimum Gasteiger partial charge on any atom is -0.504 e. The maximum atomic E-state index is 12.9. The molecule has 1 aliphatic heterocycles. The predicted molar refractivity (Wildman–Crippen MR) is 120 cm³/mol. The molecule has 0 saturated heterocycles. The van der Waals surface area contributed by atoms with E-state index in [-0.39, 0.29) is 17.4 Å². The summed E-state index contributed by atoms with van der Waals surface area (Å²) in [5.41, 5.74) is 8.38. The Labute approximate surface area is 183 Å². The third-order valence-corrected chi connectivity index (χ3v) is 5.06. The Balaban J connectivity index is 1.61.